The average Bonchev–Trinajstić information content (AvgIpc) is 2.39. The van der Waals surface area contributed by atoms with E-state index in [1.807, 2.05) is 36.2 Å². The Morgan fingerprint density at radius 2 is 2.00 bits per heavy atom. The minimum absolute atomic E-state index is 0.214. The monoisotopic (exact) mass is 280 g/mol. The highest BCUT2D eigenvalue weighted by molar-refractivity contribution is 7.80. The molecule has 1 aromatic rings. The Hall–Kier alpha value is -1.62. The SMILES string of the molecule is CCCCOC(=O)CN(C)c1ccc(C(N)=S)cc1. The van der Waals surface area contributed by atoms with E-state index in [1.165, 1.54) is 0 Å². The molecule has 0 saturated carbocycles. The van der Waals surface area contributed by atoms with Crippen molar-refractivity contribution in [2.24, 2.45) is 5.73 Å². The lowest BCUT2D eigenvalue weighted by Crippen LogP contribution is -2.27. The Bertz CT molecular complexity index is 432. The molecule has 0 aliphatic rings. The van der Waals surface area contributed by atoms with Crippen LogP contribution in [0.2, 0.25) is 0 Å². The van der Waals surface area contributed by atoms with Gasteiger partial charge in [0.15, 0.2) is 0 Å². The number of rotatable bonds is 7. The van der Waals surface area contributed by atoms with Gasteiger partial charge >= 0.3 is 5.97 Å². The van der Waals surface area contributed by atoms with E-state index < -0.39 is 0 Å². The van der Waals surface area contributed by atoms with E-state index in [1.54, 1.807) is 0 Å². The maximum absolute atomic E-state index is 11.6. The topological polar surface area (TPSA) is 55.6 Å². The van der Waals surface area contributed by atoms with Gasteiger partial charge in [0, 0.05) is 18.3 Å². The van der Waals surface area contributed by atoms with Crippen LogP contribution < -0.4 is 10.6 Å². The van der Waals surface area contributed by atoms with Gasteiger partial charge in [-0.05, 0) is 30.7 Å². The van der Waals surface area contributed by atoms with Crippen molar-refractivity contribution in [1.82, 2.24) is 0 Å². The third-order valence-corrected chi connectivity index (χ3v) is 2.96. The summed E-state index contributed by atoms with van der Waals surface area (Å²) in [7, 11) is 1.84. The first-order valence-corrected chi connectivity index (χ1v) is 6.72. The van der Waals surface area contributed by atoms with E-state index in [9.17, 15) is 4.79 Å². The van der Waals surface area contributed by atoms with Gasteiger partial charge in [0.25, 0.3) is 0 Å². The zero-order valence-corrected chi connectivity index (χ0v) is 12.2. The van der Waals surface area contributed by atoms with Crippen LogP contribution in [0, 0.1) is 0 Å². The third kappa shape index (κ3) is 5.26. The fraction of sp³-hybridized carbons (Fsp3) is 0.429. The van der Waals surface area contributed by atoms with Crippen molar-refractivity contribution in [2.45, 2.75) is 19.8 Å². The minimum atomic E-state index is -0.214. The van der Waals surface area contributed by atoms with Gasteiger partial charge in [-0.25, -0.2) is 0 Å². The first kappa shape index (κ1) is 15.4. The molecule has 4 nitrogen and oxygen atoms in total. The lowest BCUT2D eigenvalue weighted by Gasteiger charge is -2.18. The molecule has 0 aliphatic carbocycles. The van der Waals surface area contributed by atoms with Crippen LogP contribution in [-0.4, -0.2) is 31.2 Å². The van der Waals surface area contributed by atoms with Crippen molar-refractivity contribution < 1.29 is 9.53 Å². The van der Waals surface area contributed by atoms with Crippen molar-refractivity contribution in [3.05, 3.63) is 29.8 Å². The van der Waals surface area contributed by atoms with E-state index in [0.29, 0.717) is 11.6 Å². The molecule has 5 heteroatoms. The summed E-state index contributed by atoms with van der Waals surface area (Å²) >= 11 is 4.89. The average molecular weight is 280 g/mol. The molecule has 0 radical (unpaired) electrons. The zero-order valence-electron chi connectivity index (χ0n) is 11.4. The van der Waals surface area contributed by atoms with Crippen LogP contribution in [-0.2, 0) is 9.53 Å². The second-order valence-corrected chi connectivity index (χ2v) is 4.78. The summed E-state index contributed by atoms with van der Waals surface area (Å²) in [5.41, 5.74) is 7.27. The number of unbranched alkanes of at least 4 members (excludes halogenated alkanes) is 1. The molecule has 0 bridgehead atoms. The Labute approximate surface area is 119 Å². The molecule has 1 aromatic carbocycles. The molecule has 19 heavy (non-hydrogen) atoms. The number of esters is 1. The number of likely N-dealkylation sites (N-methyl/N-ethyl adjacent to an activating group) is 1. The molecule has 0 amide bonds. The summed E-state index contributed by atoms with van der Waals surface area (Å²) < 4.78 is 5.12. The standard InChI is InChI=1S/C14H20N2O2S/c1-3-4-9-18-13(17)10-16(2)12-7-5-11(6-8-12)14(15)19/h5-8H,3-4,9-10H2,1-2H3,(H2,15,19). The fourth-order valence-electron chi connectivity index (χ4n) is 1.54. The van der Waals surface area contributed by atoms with Crippen molar-refractivity contribution >= 4 is 28.9 Å². The smallest absolute Gasteiger partial charge is 0.325 e. The third-order valence-electron chi connectivity index (χ3n) is 2.72. The highest BCUT2D eigenvalue weighted by Crippen LogP contribution is 2.13. The number of nitrogens with two attached hydrogens (primary N) is 1. The van der Waals surface area contributed by atoms with Gasteiger partial charge in [-0.3, -0.25) is 4.79 Å². The largest absolute Gasteiger partial charge is 0.464 e. The quantitative estimate of drug-likeness (QED) is 0.471. The fourth-order valence-corrected chi connectivity index (χ4v) is 1.68. The molecular weight excluding hydrogens is 260 g/mol. The number of nitrogens with zero attached hydrogens (tertiary/aromatic N) is 1. The first-order valence-electron chi connectivity index (χ1n) is 6.31. The zero-order chi connectivity index (χ0) is 14.3. The number of carbonyl (C=O) groups is 1. The highest BCUT2D eigenvalue weighted by Gasteiger charge is 2.08. The molecular formula is C14H20N2O2S. The van der Waals surface area contributed by atoms with Crippen LogP contribution in [0.25, 0.3) is 0 Å². The molecule has 0 saturated heterocycles. The minimum Gasteiger partial charge on any atom is -0.464 e. The molecule has 0 atom stereocenters. The van der Waals surface area contributed by atoms with E-state index in [4.69, 9.17) is 22.7 Å². The number of thiocarbonyl (C=S) groups is 1. The maximum atomic E-state index is 11.6. The van der Waals surface area contributed by atoms with Crippen molar-refractivity contribution in [3.8, 4) is 0 Å². The predicted molar refractivity (Wildman–Crippen MR) is 81.5 cm³/mol. The molecule has 1 rings (SSSR count). The normalized spacial score (nSPS) is 10.0. The summed E-state index contributed by atoms with van der Waals surface area (Å²) in [6, 6.07) is 7.45. The Morgan fingerprint density at radius 3 is 2.53 bits per heavy atom. The van der Waals surface area contributed by atoms with Crippen LogP contribution in [0.15, 0.2) is 24.3 Å². The summed E-state index contributed by atoms with van der Waals surface area (Å²) in [5.74, 6) is -0.214. The highest BCUT2D eigenvalue weighted by atomic mass is 32.1. The van der Waals surface area contributed by atoms with Gasteiger partial charge < -0.3 is 15.4 Å². The summed E-state index contributed by atoms with van der Waals surface area (Å²) in [5, 5.41) is 0. The lowest BCUT2D eigenvalue weighted by atomic mass is 10.2. The molecule has 0 aromatic heterocycles. The van der Waals surface area contributed by atoms with Gasteiger partial charge in [-0.2, -0.15) is 0 Å². The Morgan fingerprint density at radius 1 is 1.37 bits per heavy atom. The molecule has 0 unspecified atom stereocenters. The van der Waals surface area contributed by atoms with Crippen LogP contribution >= 0.6 is 12.2 Å². The second kappa shape index (κ2) is 7.74. The molecule has 0 aliphatic heterocycles. The van der Waals surface area contributed by atoms with E-state index in [2.05, 4.69) is 6.92 Å². The maximum Gasteiger partial charge on any atom is 0.325 e. The summed E-state index contributed by atoms with van der Waals surface area (Å²) in [6.45, 7) is 2.78. The number of anilines is 1. The van der Waals surface area contributed by atoms with Crippen molar-refractivity contribution in [1.29, 1.82) is 0 Å². The molecule has 2 N–H and O–H groups in total. The number of ether oxygens (including phenoxy) is 1. The number of hydrogen-bond donors (Lipinski definition) is 1. The van der Waals surface area contributed by atoms with Crippen LogP contribution in [0.3, 0.4) is 0 Å². The molecule has 104 valence electrons. The van der Waals surface area contributed by atoms with Crippen molar-refractivity contribution in [3.63, 3.8) is 0 Å². The van der Waals surface area contributed by atoms with E-state index in [0.717, 1.165) is 24.1 Å². The number of carbonyl (C=O) groups excluding carboxylic acids is 1. The number of hydrogen-bond acceptors (Lipinski definition) is 4. The molecule has 0 heterocycles. The van der Waals surface area contributed by atoms with E-state index in [-0.39, 0.29) is 12.5 Å². The van der Waals surface area contributed by atoms with Gasteiger partial charge in [0.2, 0.25) is 0 Å². The van der Waals surface area contributed by atoms with Crippen molar-refractivity contribution in [2.75, 3.05) is 25.1 Å². The van der Waals surface area contributed by atoms with Crippen LogP contribution in [0.4, 0.5) is 5.69 Å². The molecule has 0 fully saturated rings. The van der Waals surface area contributed by atoms with Gasteiger partial charge in [0.1, 0.15) is 11.5 Å². The van der Waals surface area contributed by atoms with Gasteiger partial charge in [-0.15, -0.1) is 0 Å². The Balaban J connectivity index is 2.50. The van der Waals surface area contributed by atoms with Crippen LogP contribution in [0.1, 0.15) is 25.3 Å². The van der Waals surface area contributed by atoms with Gasteiger partial charge in [0.05, 0.1) is 6.61 Å². The van der Waals surface area contributed by atoms with Gasteiger partial charge in [-0.1, -0.05) is 25.6 Å². The first-order chi connectivity index (χ1) is 9.04. The molecule has 0 spiro atoms. The second-order valence-electron chi connectivity index (χ2n) is 4.34. The van der Waals surface area contributed by atoms with Crippen LogP contribution in [0.5, 0.6) is 0 Å². The van der Waals surface area contributed by atoms with E-state index >= 15 is 0 Å². The summed E-state index contributed by atoms with van der Waals surface area (Å²) in [4.78, 5) is 13.8. The summed E-state index contributed by atoms with van der Waals surface area (Å²) in [6.07, 6.45) is 1.92. The Kier molecular flexibility index (Phi) is 6.29. The predicted octanol–water partition coefficient (Wildman–Crippen LogP) is 2.10. The lowest BCUT2D eigenvalue weighted by molar-refractivity contribution is -0.142. The number of benzene rings is 1.